The van der Waals surface area contributed by atoms with Crippen LogP contribution in [0.2, 0.25) is 0 Å². The summed E-state index contributed by atoms with van der Waals surface area (Å²) >= 11 is 0. The van der Waals surface area contributed by atoms with Crippen LogP contribution in [-0.4, -0.2) is 51.0 Å². The third-order valence-electron chi connectivity index (χ3n) is 4.33. The summed E-state index contributed by atoms with van der Waals surface area (Å²) in [6.07, 6.45) is 3.90. The average Bonchev–Trinajstić information content (AvgIpc) is 3.26. The van der Waals surface area contributed by atoms with Gasteiger partial charge in [0.15, 0.2) is 0 Å². The molecule has 7 heteroatoms. The van der Waals surface area contributed by atoms with Crippen LogP contribution in [0.3, 0.4) is 0 Å². The molecule has 2 aliphatic heterocycles. The SMILES string of the molecule is O=C(NCC1CCCO1)c1ccc(S(=O)(=O)N2CCCC2)cc1. The van der Waals surface area contributed by atoms with E-state index < -0.39 is 10.0 Å². The summed E-state index contributed by atoms with van der Waals surface area (Å²) in [5, 5.41) is 2.83. The summed E-state index contributed by atoms with van der Waals surface area (Å²) in [6.45, 7) is 2.40. The maximum absolute atomic E-state index is 12.4. The Bertz CT molecular complexity index is 645. The number of ether oxygens (including phenoxy) is 1. The van der Waals surface area contributed by atoms with Gasteiger partial charge in [0, 0.05) is 31.8 Å². The van der Waals surface area contributed by atoms with Crippen molar-refractivity contribution in [1.29, 1.82) is 0 Å². The van der Waals surface area contributed by atoms with E-state index in [1.165, 1.54) is 16.4 Å². The monoisotopic (exact) mass is 338 g/mol. The van der Waals surface area contributed by atoms with Crippen molar-refractivity contribution < 1.29 is 17.9 Å². The van der Waals surface area contributed by atoms with Gasteiger partial charge in [0.1, 0.15) is 0 Å². The van der Waals surface area contributed by atoms with E-state index in [1.54, 1.807) is 12.1 Å². The van der Waals surface area contributed by atoms with Crippen LogP contribution in [0.25, 0.3) is 0 Å². The first-order valence-electron chi connectivity index (χ1n) is 8.07. The molecule has 0 spiro atoms. The molecule has 2 aliphatic rings. The molecule has 3 rings (SSSR count). The molecule has 2 fully saturated rings. The molecule has 0 saturated carbocycles. The van der Waals surface area contributed by atoms with Crippen molar-refractivity contribution in [1.82, 2.24) is 9.62 Å². The smallest absolute Gasteiger partial charge is 0.251 e. The summed E-state index contributed by atoms with van der Waals surface area (Å²) in [6, 6.07) is 6.14. The molecule has 0 radical (unpaired) electrons. The minimum Gasteiger partial charge on any atom is -0.376 e. The molecule has 2 saturated heterocycles. The number of carbonyl (C=O) groups is 1. The minimum atomic E-state index is -3.42. The highest BCUT2D eigenvalue weighted by atomic mass is 32.2. The van der Waals surface area contributed by atoms with Gasteiger partial charge in [-0.05, 0) is 49.9 Å². The van der Waals surface area contributed by atoms with Gasteiger partial charge >= 0.3 is 0 Å². The van der Waals surface area contributed by atoms with Crippen LogP contribution in [0, 0.1) is 0 Å². The first-order valence-corrected chi connectivity index (χ1v) is 9.51. The summed E-state index contributed by atoms with van der Waals surface area (Å²) in [4.78, 5) is 12.3. The van der Waals surface area contributed by atoms with Gasteiger partial charge in [-0.15, -0.1) is 0 Å². The second-order valence-electron chi connectivity index (χ2n) is 5.98. The Hall–Kier alpha value is -1.44. The van der Waals surface area contributed by atoms with Crippen LogP contribution in [-0.2, 0) is 14.8 Å². The minimum absolute atomic E-state index is 0.0915. The van der Waals surface area contributed by atoms with Gasteiger partial charge in [0.05, 0.1) is 11.0 Å². The molecule has 6 nitrogen and oxygen atoms in total. The van der Waals surface area contributed by atoms with E-state index in [-0.39, 0.29) is 16.9 Å². The molecule has 126 valence electrons. The fourth-order valence-electron chi connectivity index (χ4n) is 2.97. The number of sulfonamides is 1. The van der Waals surface area contributed by atoms with Crippen molar-refractivity contribution in [2.45, 2.75) is 36.7 Å². The summed E-state index contributed by atoms with van der Waals surface area (Å²) in [5.74, 6) is -0.203. The Morgan fingerprint density at radius 2 is 1.87 bits per heavy atom. The molecule has 1 atom stereocenters. The molecule has 0 bridgehead atoms. The second kappa shape index (κ2) is 6.98. The summed E-state index contributed by atoms with van der Waals surface area (Å²) in [7, 11) is -3.42. The molecule has 1 amide bonds. The van der Waals surface area contributed by atoms with Crippen molar-refractivity contribution in [3.63, 3.8) is 0 Å². The number of rotatable bonds is 5. The van der Waals surface area contributed by atoms with Gasteiger partial charge in [0.25, 0.3) is 5.91 Å². The second-order valence-corrected chi connectivity index (χ2v) is 7.92. The largest absolute Gasteiger partial charge is 0.376 e. The summed E-state index contributed by atoms with van der Waals surface area (Å²) in [5.41, 5.74) is 0.461. The van der Waals surface area contributed by atoms with E-state index >= 15 is 0 Å². The lowest BCUT2D eigenvalue weighted by Crippen LogP contribution is -2.32. The fourth-order valence-corrected chi connectivity index (χ4v) is 4.49. The Morgan fingerprint density at radius 3 is 2.48 bits per heavy atom. The number of nitrogens with one attached hydrogen (secondary N) is 1. The zero-order chi connectivity index (χ0) is 16.3. The first-order chi connectivity index (χ1) is 11.1. The predicted octanol–water partition coefficient (Wildman–Crippen LogP) is 1.38. The molecule has 1 aromatic carbocycles. The highest BCUT2D eigenvalue weighted by Crippen LogP contribution is 2.21. The highest BCUT2D eigenvalue weighted by molar-refractivity contribution is 7.89. The average molecular weight is 338 g/mol. The van der Waals surface area contributed by atoms with Gasteiger partial charge in [-0.1, -0.05) is 0 Å². The van der Waals surface area contributed by atoms with Gasteiger partial charge < -0.3 is 10.1 Å². The van der Waals surface area contributed by atoms with Gasteiger partial charge in [-0.2, -0.15) is 4.31 Å². The summed E-state index contributed by atoms with van der Waals surface area (Å²) < 4.78 is 31.8. The standard InChI is InChI=1S/C16H22N2O4S/c19-16(17-12-14-4-3-11-22-14)13-5-7-15(8-6-13)23(20,21)18-9-1-2-10-18/h5-8,14H,1-4,9-12H2,(H,17,19). The van der Waals surface area contributed by atoms with E-state index in [0.29, 0.717) is 25.2 Å². The van der Waals surface area contributed by atoms with Crippen molar-refractivity contribution in [2.75, 3.05) is 26.2 Å². The molecular weight excluding hydrogens is 316 g/mol. The zero-order valence-corrected chi connectivity index (χ0v) is 13.8. The molecule has 0 aromatic heterocycles. The number of amides is 1. The number of nitrogens with zero attached hydrogens (tertiary/aromatic N) is 1. The normalized spacial score (nSPS) is 22.3. The number of benzene rings is 1. The van der Waals surface area contributed by atoms with Gasteiger partial charge in [-0.3, -0.25) is 4.79 Å². The first kappa shape index (κ1) is 16.4. The lowest BCUT2D eigenvalue weighted by molar-refractivity contribution is 0.0857. The van der Waals surface area contributed by atoms with Crippen LogP contribution < -0.4 is 5.32 Å². The highest BCUT2D eigenvalue weighted by Gasteiger charge is 2.27. The van der Waals surface area contributed by atoms with E-state index in [1.807, 2.05) is 0 Å². The Labute approximate surface area is 136 Å². The van der Waals surface area contributed by atoms with Crippen molar-refractivity contribution >= 4 is 15.9 Å². The van der Waals surface area contributed by atoms with Crippen LogP contribution >= 0.6 is 0 Å². The molecule has 23 heavy (non-hydrogen) atoms. The Morgan fingerprint density at radius 1 is 1.17 bits per heavy atom. The van der Waals surface area contributed by atoms with Crippen molar-refractivity contribution in [3.8, 4) is 0 Å². The molecule has 2 heterocycles. The van der Waals surface area contributed by atoms with Gasteiger partial charge in [-0.25, -0.2) is 8.42 Å². The number of hydrogen-bond donors (Lipinski definition) is 1. The Kier molecular flexibility index (Phi) is 4.99. The van der Waals surface area contributed by atoms with E-state index in [0.717, 1.165) is 32.3 Å². The molecular formula is C16H22N2O4S. The molecule has 1 aromatic rings. The molecule has 1 unspecified atom stereocenters. The number of carbonyl (C=O) groups excluding carboxylic acids is 1. The van der Waals surface area contributed by atoms with Crippen LogP contribution in [0.15, 0.2) is 29.2 Å². The quantitative estimate of drug-likeness (QED) is 0.880. The van der Waals surface area contributed by atoms with E-state index in [4.69, 9.17) is 4.74 Å². The predicted molar refractivity (Wildman–Crippen MR) is 85.7 cm³/mol. The molecule has 0 aliphatic carbocycles. The van der Waals surface area contributed by atoms with E-state index in [2.05, 4.69) is 5.32 Å². The third kappa shape index (κ3) is 3.73. The van der Waals surface area contributed by atoms with Gasteiger partial charge in [0.2, 0.25) is 10.0 Å². The maximum Gasteiger partial charge on any atom is 0.251 e. The third-order valence-corrected chi connectivity index (χ3v) is 6.25. The topological polar surface area (TPSA) is 75.7 Å². The molecule has 1 N–H and O–H groups in total. The van der Waals surface area contributed by atoms with Crippen LogP contribution in [0.1, 0.15) is 36.0 Å². The number of hydrogen-bond acceptors (Lipinski definition) is 4. The maximum atomic E-state index is 12.4. The lowest BCUT2D eigenvalue weighted by atomic mass is 10.2. The van der Waals surface area contributed by atoms with Crippen LogP contribution in [0.5, 0.6) is 0 Å². The van der Waals surface area contributed by atoms with Crippen molar-refractivity contribution in [2.24, 2.45) is 0 Å². The zero-order valence-electron chi connectivity index (χ0n) is 13.0. The lowest BCUT2D eigenvalue weighted by Gasteiger charge is -2.15. The van der Waals surface area contributed by atoms with E-state index in [9.17, 15) is 13.2 Å². The van der Waals surface area contributed by atoms with Crippen LogP contribution in [0.4, 0.5) is 0 Å². The fraction of sp³-hybridized carbons (Fsp3) is 0.562. The van der Waals surface area contributed by atoms with Crippen molar-refractivity contribution in [3.05, 3.63) is 29.8 Å². The Balaban J connectivity index is 1.63.